The van der Waals surface area contributed by atoms with Crippen molar-refractivity contribution in [1.82, 2.24) is 4.90 Å². The summed E-state index contributed by atoms with van der Waals surface area (Å²) in [4.78, 5) is 14.7. The Morgan fingerprint density at radius 2 is 1.85 bits per heavy atom. The lowest BCUT2D eigenvalue weighted by Gasteiger charge is -2.42. The van der Waals surface area contributed by atoms with Gasteiger partial charge in [-0.15, -0.1) is 0 Å². The van der Waals surface area contributed by atoms with E-state index in [-0.39, 0.29) is 5.97 Å². The van der Waals surface area contributed by atoms with Crippen LogP contribution in [-0.4, -0.2) is 24.0 Å². The second kappa shape index (κ2) is 7.85. The fourth-order valence-electron chi connectivity index (χ4n) is 4.23. The third kappa shape index (κ3) is 4.24. The summed E-state index contributed by atoms with van der Waals surface area (Å²) in [6, 6.07) is 19.4. The first-order valence-corrected chi connectivity index (χ1v) is 10.3. The maximum absolute atomic E-state index is 12.3. The van der Waals surface area contributed by atoms with Gasteiger partial charge in [-0.2, -0.15) is 0 Å². The molecule has 2 fully saturated rings. The molecule has 2 aromatic rings. The molecule has 0 N–H and O–H groups in total. The van der Waals surface area contributed by atoms with Crippen molar-refractivity contribution in [2.24, 2.45) is 0 Å². The van der Waals surface area contributed by atoms with Crippen molar-refractivity contribution in [2.45, 2.75) is 57.1 Å². The van der Waals surface area contributed by atoms with Crippen LogP contribution in [0.1, 0.15) is 61.6 Å². The average Bonchev–Trinajstić information content (AvgIpc) is 3.54. The zero-order valence-electron chi connectivity index (χ0n) is 16.2. The molecule has 0 amide bonds. The summed E-state index contributed by atoms with van der Waals surface area (Å²) in [6.07, 6.45) is 4.96. The lowest BCUT2D eigenvalue weighted by Crippen LogP contribution is -2.48. The van der Waals surface area contributed by atoms with Gasteiger partial charge in [0.1, 0.15) is 5.60 Å². The van der Waals surface area contributed by atoms with Gasteiger partial charge in [-0.05, 0) is 54.8 Å². The summed E-state index contributed by atoms with van der Waals surface area (Å²) >= 11 is 0. The van der Waals surface area contributed by atoms with Crippen LogP contribution >= 0.6 is 0 Å². The number of ether oxygens (including phenoxy) is 1. The summed E-state index contributed by atoms with van der Waals surface area (Å²) in [5, 5.41) is 0. The predicted molar refractivity (Wildman–Crippen MR) is 107 cm³/mol. The lowest BCUT2D eigenvalue weighted by molar-refractivity contribution is -0.167. The van der Waals surface area contributed by atoms with Gasteiger partial charge in [0.15, 0.2) is 0 Å². The van der Waals surface area contributed by atoms with Crippen molar-refractivity contribution < 1.29 is 9.53 Å². The standard InChI is InChI=1S/C24H29NO2/c1-2-23(26)27-24(22-13-11-21(12-14-22)20-9-10-20)15-6-16-25(18-24)17-19-7-4-3-5-8-19/h3-5,7-8,11-14,20H,2,6,9-10,15-18H2,1H3/t24-/m0/s1. The first-order valence-electron chi connectivity index (χ1n) is 10.3. The molecule has 1 saturated carbocycles. The van der Waals surface area contributed by atoms with Crippen LogP contribution in [0.25, 0.3) is 0 Å². The van der Waals surface area contributed by atoms with Gasteiger partial charge in [0, 0.05) is 19.5 Å². The van der Waals surface area contributed by atoms with E-state index < -0.39 is 5.60 Å². The van der Waals surface area contributed by atoms with Crippen LogP contribution in [0.2, 0.25) is 0 Å². The maximum atomic E-state index is 12.3. The second-order valence-electron chi connectivity index (χ2n) is 8.02. The van der Waals surface area contributed by atoms with Crippen LogP contribution in [0.15, 0.2) is 54.6 Å². The minimum atomic E-state index is -0.526. The van der Waals surface area contributed by atoms with E-state index in [0.717, 1.165) is 44.0 Å². The highest BCUT2D eigenvalue weighted by Crippen LogP contribution is 2.42. The number of hydrogen-bond acceptors (Lipinski definition) is 3. The molecule has 1 atom stereocenters. The molecule has 1 aliphatic carbocycles. The Hall–Kier alpha value is -2.13. The smallest absolute Gasteiger partial charge is 0.306 e. The van der Waals surface area contributed by atoms with Crippen LogP contribution in [0.5, 0.6) is 0 Å². The Bertz CT molecular complexity index is 767. The first kappa shape index (κ1) is 18.2. The third-order valence-electron chi connectivity index (χ3n) is 5.87. The Kier molecular flexibility index (Phi) is 5.31. The van der Waals surface area contributed by atoms with E-state index in [0.29, 0.717) is 6.42 Å². The zero-order chi connectivity index (χ0) is 18.7. The molecule has 3 heteroatoms. The van der Waals surface area contributed by atoms with Crippen molar-refractivity contribution in [3.63, 3.8) is 0 Å². The Morgan fingerprint density at radius 1 is 1.11 bits per heavy atom. The Labute approximate surface area is 162 Å². The van der Waals surface area contributed by atoms with Gasteiger partial charge in [0.05, 0.1) is 0 Å². The van der Waals surface area contributed by atoms with Gasteiger partial charge in [0.2, 0.25) is 0 Å². The lowest BCUT2D eigenvalue weighted by atomic mass is 9.84. The van der Waals surface area contributed by atoms with Crippen molar-refractivity contribution in [2.75, 3.05) is 13.1 Å². The molecule has 3 nitrogen and oxygen atoms in total. The van der Waals surface area contributed by atoms with Crippen molar-refractivity contribution >= 4 is 5.97 Å². The van der Waals surface area contributed by atoms with Crippen molar-refractivity contribution in [3.05, 3.63) is 71.3 Å². The van der Waals surface area contributed by atoms with Gasteiger partial charge < -0.3 is 4.74 Å². The van der Waals surface area contributed by atoms with Crippen molar-refractivity contribution in [3.8, 4) is 0 Å². The number of piperidine rings is 1. The molecule has 0 radical (unpaired) electrons. The fourth-order valence-corrected chi connectivity index (χ4v) is 4.23. The first-order chi connectivity index (χ1) is 13.2. The molecule has 1 heterocycles. The molecule has 1 saturated heterocycles. The third-order valence-corrected chi connectivity index (χ3v) is 5.87. The summed E-state index contributed by atoms with van der Waals surface area (Å²) < 4.78 is 6.12. The molecular formula is C24H29NO2. The number of carbonyl (C=O) groups excluding carboxylic acids is 1. The van der Waals surface area contributed by atoms with Crippen molar-refractivity contribution in [1.29, 1.82) is 0 Å². The average molecular weight is 364 g/mol. The zero-order valence-corrected chi connectivity index (χ0v) is 16.2. The van der Waals surface area contributed by atoms with Crippen LogP contribution in [0.3, 0.4) is 0 Å². The van der Waals surface area contributed by atoms with Crippen LogP contribution in [0.4, 0.5) is 0 Å². The molecule has 2 aromatic carbocycles. The Balaban J connectivity index is 1.58. The maximum Gasteiger partial charge on any atom is 0.306 e. The second-order valence-corrected chi connectivity index (χ2v) is 8.02. The van der Waals surface area contributed by atoms with E-state index in [9.17, 15) is 4.79 Å². The quantitative estimate of drug-likeness (QED) is 0.676. The van der Waals surface area contributed by atoms with Crippen LogP contribution < -0.4 is 0 Å². The molecule has 4 rings (SSSR count). The molecule has 1 aliphatic heterocycles. The molecule has 0 unspecified atom stereocenters. The van der Waals surface area contributed by atoms with Gasteiger partial charge in [-0.25, -0.2) is 0 Å². The largest absolute Gasteiger partial charge is 0.453 e. The number of benzene rings is 2. The fraction of sp³-hybridized carbons (Fsp3) is 0.458. The van der Waals surface area contributed by atoms with E-state index >= 15 is 0 Å². The molecule has 142 valence electrons. The van der Waals surface area contributed by atoms with Gasteiger partial charge in [-0.3, -0.25) is 9.69 Å². The number of likely N-dealkylation sites (tertiary alicyclic amines) is 1. The molecule has 27 heavy (non-hydrogen) atoms. The minimum Gasteiger partial charge on any atom is -0.453 e. The monoisotopic (exact) mass is 363 g/mol. The van der Waals surface area contributed by atoms with Gasteiger partial charge in [-0.1, -0.05) is 61.5 Å². The number of nitrogens with zero attached hydrogens (tertiary/aromatic N) is 1. The number of hydrogen-bond donors (Lipinski definition) is 0. The molecule has 0 bridgehead atoms. The highest BCUT2D eigenvalue weighted by atomic mass is 16.6. The van der Waals surface area contributed by atoms with Gasteiger partial charge in [0.25, 0.3) is 0 Å². The molecule has 0 spiro atoms. The van der Waals surface area contributed by atoms with E-state index in [4.69, 9.17) is 4.74 Å². The predicted octanol–water partition coefficient (Wildman–Crippen LogP) is 5.01. The highest BCUT2D eigenvalue weighted by Gasteiger charge is 2.40. The summed E-state index contributed by atoms with van der Waals surface area (Å²) in [5.41, 5.74) is 3.35. The molecule has 0 aromatic heterocycles. The summed E-state index contributed by atoms with van der Waals surface area (Å²) in [7, 11) is 0. The number of carbonyl (C=O) groups is 1. The SMILES string of the molecule is CCC(=O)O[C@@]1(c2ccc(C3CC3)cc2)CCCN(Cc2ccccc2)C1. The normalized spacial score (nSPS) is 23.1. The summed E-state index contributed by atoms with van der Waals surface area (Å²) in [5.74, 6) is 0.636. The molecule has 2 aliphatic rings. The molecular weight excluding hydrogens is 334 g/mol. The van der Waals surface area contributed by atoms with Gasteiger partial charge >= 0.3 is 5.97 Å². The summed E-state index contributed by atoms with van der Waals surface area (Å²) in [6.45, 7) is 4.57. The van der Waals surface area contributed by atoms with E-state index in [1.807, 2.05) is 6.92 Å². The minimum absolute atomic E-state index is 0.108. The number of esters is 1. The van der Waals surface area contributed by atoms with E-state index in [1.165, 1.54) is 24.0 Å². The Morgan fingerprint density at radius 3 is 2.52 bits per heavy atom. The van der Waals surface area contributed by atoms with E-state index in [1.54, 1.807) is 0 Å². The highest BCUT2D eigenvalue weighted by molar-refractivity contribution is 5.69. The topological polar surface area (TPSA) is 29.5 Å². The number of rotatable bonds is 6. The van der Waals surface area contributed by atoms with Crippen LogP contribution in [-0.2, 0) is 21.7 Å². The van der Waals surface area contributed by atoms with E-state index in [2.05, 4.69) is 59.5 Å². The van der Waals surface area contributed by atoms with Crippen LogP contribution in [0, 0.1) is 0 Å².